The van der Waals surface area contributed by atoms with Gasteiger partial charge in [0, 0.05) is 22.8 Å². The molecule has 0 saturated carbocycles. The number of rotatable bonds is 5. The number of thioether (sulfide) groups is 1. The van der Waals surface area contributed by atoms with Gasteiger partial charge < -0.3 is 10.5 Å². The molecule has 0 fully saturated rings. The van der Waals surface area contributed by atoms with Crippen LogP contribution in [-0.2, 0) is 12.3 Å². The number of hydrogen-bond acceptors (Lipinski definition) is 3. The normalized spacial score (nSPS) is 10.5. The van der Waals surface area contributed by atoms with Crippen molar-refractivity contribution in [3.05, 3.63) is 59.2 Å². The van der Waals surface area contributed by atoms with Gasteiger partial charge in [0.15, 0.2) is 0 Å². The molecule has 0 saturated heterocycles. The lowest BCUT2D eigenvalue weighted by molar-refractivity contribution is 0.411. The molecule has 0 aromatic heterocycles. The van der Waals surface area contributed by atoms with E-state index in [1.165, 1.54) is 21.6 Å². The summed E-state index contributed by atoms with van der Waals surface area (Å²) >= 11 is 1.81. The second-order valence-electron chi connectivity index (χ2n) is 4.46. The molecule has 0 amide bonds. The van der Waals surface area contributed by atoms with Gasteiger partial charge in [-0.25, -0.2) is 0 Å². The third-order valence-corrected chi connectivity index (χ3v) is 4.01. The van der Waals surface area contributed by atoms with Gasteiger partial charge in [-0.05, 0) is 30.7 Å². The predicted molar refractivity (Wildman–Crippen MR) is 81.6 cm³/mol. The first-order valence-corrected chi connectivity index (χ1v) is 7.27. The fourth-order valence-electron chi connectivity index (χ4n) is 1.94. The van der Waals surface area contributed by atoms with Crippen LogP contribution >= 0.6 is 11.8 Å². The summed E-state index contributed by atoms with van der Waals surface area (Å²) in [7, 11) is 1.72. The lowest BCUT2D eigenvalue weighted by Crippen LogP contribution is -1.95. The van der Waals surface area contributed by atoms with Crippen LogP contribution in [0.4, 0.5) is 0 Å². The largest absolute Gasteiger partial charge is 0.496 e. The van der Waals surface area contributed by atoms with E-state index in [-0.39, 0.29) is 0 Å². The summed E-state index contributed by atoms with van der Waals surface area (Å²) < 4.78 is 5.40. The van der Waals surface area contributed by atoms with Crippen molar-refractivity contribution in [3.8, 4) is 5.75 Å². The zero-order chi connectivity index (χ0) is 13.7. The Morgan fingerprint density at radius 3 is 2.74 bits per heavy atom. The number of aryl methyl sites for hydroxylation is 1. The third kappa shape index (κ3) is 3.75. The van der Waals surface area contributed by atoms with E-state index < -0.39 is 0 Å². The minimum atomic E-state index is 0.585. The van der Waals surface area contributed by atoms with Crippen molar-refractivity contribution in [3.63, 3.8) is 0 Å². The summed E-state index contributed by atoms with van der Waals surface area (Å²) in [5.41, 5.74) is 9.31. The van der Waals surface area contributed by atoms with Crippen molar-refractivity contribution < 1.29 is 4.74 Å². The molecule has 0 aliphatic rings. The van der Waals surface area contributed by atoms with Crippen LogP contribution in [0.3, 0.4) is 0 Å². The Hall–Kier alpha value is -1.45. The van der Waals surface area contributed by atoms with E-state index in [1.807, 2.05) is 6.07 Å². The van der Waals surface area contributed by atoms with Crippen LogP contribution in [0.15, 0.2) is 47.4 Å². The SMILES string of the molecule is COc1ccc(C)cc1CSc1cccc(CN)c1. The number of nitrogens with two attached hydrogens (primary N) is 1. The minimum absolute atomic E-state index is 0.585. The van der Waals surface area contributed by atoms with Crippen LogP contribution < -0.4 is 10.5 Å². The van der Waals surface area contributed by atoms with Gasteiger partial charge in [-0.1, -0.05) is 29.8 Å². The number of ether oxygens (including phenoxy) is 1. The summed E-state index contributed by atoms with van der Waals surface area (Å²) in [6, 6.07) is 14.6. The van der Waals surface area contributed by atoms with Gasteiger partial charge in [0.25, 0.3) is 0 Å². The van der Waals surface area contributed by atoms with Gasteiger partial charge in [-0.2, -0.15) is 0 Å². The number of hydrogen-bond donors (Lipinski definition) is 1. The zero-order valence-electron chi connectivity index (χ0n) is 11.3. The minimum Gasteiger partial charge on any atom is -0.496 e. The Labute approximate surface area is 119 Å². The van der Waals surface area contributed by atoms with E-state index >= 15 is 0 Å². The quantitative estimate of drug-likeness (QED) is 0.843. The van der Waals surface area contributed by atoms with E-state index in [4.69, 9.17) is 10.5 Å². The van der Waals surface area contributed by atoms with Gasteiger partial charge in [0.2, 0.25) is 0 Å². The van der Waals surface area contributed by atoms with Crippen LogP contribution in [0, 0.1) is 6.92 Å². The average Bonchev–Trinajstić information content (AvgIpc) is 2.45. The highest BCUT2D eigenvalue weighted by molar-refractivity contribution is 7.98. The Morgan fingerprint density at radius 1 is 1.16 bits per heavy atom. The molecule has 0 atom stereocenters. The van der Waals surface area contributed by atoms with Crippen LogP contribution in [-0.4, -0.2) is 7.11 Å². The molecule has 2 nitrogen and oxygen atoms in total. The summed E-state index contributed by atoms with van der Waals surface area (Å²) in [4.78, 5) is 1.24. The predicted octanol–water partition coefficient (Wildman–Crippen LogP) is 3.75. The topological polar surface area (TPSA) is 35.2 Å². The van der Waals surface area contributed by atoms with Crippen molar-refractivity contribution >= 4 is 11.8 Å². The highest BCUT2D eigenvalue weighted by Gasteiger charge is 2.04. The standard InChI is InChI=1S/C16H19NOS/c1-12-6-7-16(18-2)14(8-12)11-19-15-5-3-4-13(9-15)10-17/h3-9H,10-11,17H2,1-2H3. The molecule has 2 rings (SSSR count). The van der Waals surface area contributed by atoms with Gasteiger partial charge in [0.1, 0.15) is 5.75 Å². The lowest BCUT2D eigenvalue weighted by atomic mass is 10.1. The Morgan fingerprint density at radius 2 is 2.00 bits per heavy atom. The number of methoxy groups -OCH3 is 1. The van der Waals surface area contributed by atoms with Crippen LogP contribution in [0.5, 0.6) is 5.75 Å². The first kappa shape index (κ1) is 14.0. The van der Waals surface area contributed by atoms with E-state index in [0.717, 1.165) is 11.5 Å². The molecule has 19 heavy (non-hydrogen) atoms. The Bertz CT molecular complexity index is 554. The number of benzene rings is 2. The maximum Gasteiger partial charge on any atom is 0.122 e. The molecule has 0 aliphatic heterocycles. The van der Waals surface area contributed by atoms with E-state index in [9.17, 15) is 0 Å². The Balaban J connectivity index is 2.11. The van der Waals surface area contributed by atoms with Gasteiger partial charge >= 0.3 is 0 Å². The molecule has 0 radical (unpaired) electrons. The highest BCUT2D eigenvalue weighted by atomic mass is 32.2. The molecule has 3 heteroatoms. The molecule has 2 aromatic rings. The van der Waals surface area contributed by atoms with E-state index in [0.29, 0.717) is 6.54 Å². The summed E-state index contributed by atoms with van der Waals surface area (Å²) in [6.07, 6.45) is 0. The van der Waals surface area contributed by atoms with Crippen molar-refractivity contribution in [1.82, 2.24) is 0 Å². The second-order valence-corrected chi connectivity index (χ2v) is 5.50. The monoisotopic (exact) mass is 273 g/mol. The Kier molecular flexibility index (Phi) is 4.88. The molecule has 2 N–H and O–H groups in total. The van der Waals surface area contributed by atoms with Crippen molar-refractivity contribution in [2.75, 3.05) is 7.11 Å². The van der Waals surface area contributed by atoms with Gasteiger partial charge in [0.05, 0.1) is 7.11 Å². The third-order valence-electron chi connectivity index (χ3n) is 2.96. The van der Waals surface area contributed by atoms with Crippen molar-refractivity contribution in [2.24, 2.45) is 5.73 Å². The van der Waals surface area contributed by atoms with E-state index in [2.05, 4.69) is 43.3 Å². The van der Waals surface area contributed by atoms with Crippen molar-refractivity contribution in [2.45, 2.75) is 24.1 Å². The second kappa shape index (κ2) is 6.64. The smallest absolute Gasteiger partial charge is 0.122 e. The molecule has 0 aliphatic carbocycles. The molecular formula is C16H19NOS. The van der Waals surface area contributed by atoms with Gasteiger partial charge in [-0.3, -0.25) is 0 Å². The molecule has 2 aromatic carbocycles. The fourth-order valence-corrected chi connectivity index (χ4v) is 2.90. The lowest BCUT2D eigenvalue weighted by Gasteiger charge is -2.09. The van der Waals surface area contributed by atoms with Gasteiger partial charge in [-0.15, -0.1) is 11.8 Å². The van der Waals surface area contributed by atoms with Crippen LogP contribution in [0.25, 0.3) is 0 Å². The zero-order valence-corrected chi connectivity index (χ0v) is 12.2. The summed E-state index contributed by atoms with van der Waals surface area (Å²) in [5.74, 6) is 1.85. The highest BCUT2D eigenvalue weighted by Crippen LogP contribution is 2.29. The molecular weight excluding hydrogens is 254 g/mol. The molecule has 0 spiro atoms. The molecule has 100 valence electrons. The summed E-state index contributed by atoms with van der Waals surface area (Å²) in [5, 5.41) is 0. The summed E-state index contributed by atoms with van der Waals surface area (Å²) in [6.45, 7) is 2.69. The average molecular weight is 273 g/mol. The molecule has 0 unspecified atom stereocenters. The first-order chi connectivity index (χ1) is 9.22. The molecule has 0 heterocycles. The fraction of sp³-hybridized carbons (Fsp3) is 0.250. The maximum absolute atomic E-state index is 5.66. The van der Waals surface area contributed by atoms with Crippen LogP contribution in [0.2, 0.25) is 0 Å². The molecule has 0 bridgehead atoms. The maximum atomic E-state index is 5.66. The van der Waals surface area contributed by atoms with Crippen molar-refractivity contribution in [1.29, 1.82) is 0 Å². The first-order valence-electron chi connectivity index (χ1n) is 6.28. The van der Waals surface area contributed by atoms with E-state index in [1.54, 1.807) is 18.9 Å². The van der Waals surface area contributed by atoms with Crippen LogP contribution in [0.1, 0.15) is 16.7 Å².